The van der Waals surface area contributed by atoms with E-state index in [0.717, 1.165) is 10.7 Å². The molecule has 0 aliphatic carbocycles. The van der Waals surface area contributed by atoms with Crippen molar-refractivity contribution >= 4 is 41.7 Å². The Bertz CT molecular complexity index is 505. The molecule has 0 heterocycles. The highest BCUT2D eigenvalue weighted by atomic mass is 79.9. The van der Waals surface area contributed by atoms with E-state index in [1.165, 1.54) is 11.1 Å². The molecule has 0 bridgehead atoms. The van der Waals surface area contributed by atoms with Crippen molar-refractivity contribution < 1.29 is 8.42 Å². The van der Waals surface area contributed by atoms with Gasteiger partial charge in [0.2, 0.25) is 0 Å². The highest BCUT2D eigenvalue weighted by Crippen LogP contribution is 2.33. The van der Waals surface area contributed by atoms with E-state index in [0.29, 0.717) is 12.8 Å². The number of aryl methyl sites for hydroxylation is 1. The summed E-state index contributed by atoms with van der Waals surface area (Å²) < 4.78 is 23.9. The van der Waals surface area contributed by atoms with Crippen molar-refractivity contribution in [1.29, 1.82) is 0 Å². The van der Waals surface area contributed by atoms with Crippen molar-refractivity contribution in [1.82, 2.24) is 0 Å². The maximum atomic E-state index is 12.0. The van der Waals surface area contributed by atoms with E-state index in [1.54, 1.807) is 0 Å². The molecular formula is C15H22Br2O2S. The summed E-state index contributed by atoms with van der Waals surface area (Å²) in [5.74, 6) is 0.521. The van der Waals surface area contributed by atoms with E-state index in [1.807, 2.05) is 6.92 Å². The molecule has 0 aromatic heterocycles. The lowest BCUT2D eigenvalue weighted by atomic mass is 9.82. The first-order chi connectivity index (χ1) is 9.39. The zero-order valence-corrected chi connectivity index (χ0v) is 16.0. The number of benzene rings is 1. The van der Waals surface area contributed by atoms with Gasteiger partial charge in [-0.3, -0.25) is 0 Å². The van der Waals surface area contributed by atoms with Gasteiger partial charge in [0, 0.05) is 21.8 Å². The Kier molecular flexibility index (Phi) is 7.22. The molecule has 0 fully saturated rings. The molecule has 0 radical (unpaired) electrons. The van der Waals surface area contributed by atoms with E-state index in [-0.39, 0.29) is 16.9 Å². The number of halogens is 2. The van der Waals surface area contributed by atoms with Crippen LogP contribution in [0.4, 0.5) is 0 Å². The Labute approximate surface area is 139 Å². The molecule has 5 heteroatoms. The quantitative estimate of drug-likeness (QED) is 0.583. The summed E-state index contributed by atoms with van der Waals surface area (Å²) >= 11 is 7.14. The summed E-state index contributed by atoms with van der Waals surface area (Å²) in [5, 5.41) is 1.49. The van der Waals surface area contributed by atoms with Gasteiger partial charge in [-0.15, -0.1) is 0 Å². The zero-order valence-electron chi connectivity index (χ0n) is 12.0. The third-order valence-electron chi connectivity index (χ3n) is 3.58. The van der Waals surface area contributed by atoms with Crippen molar-refractivity contribution in [3.8, 4) is 0 Å². The minimum absolute atomic E-state index is 0.172. The van der Waals surface area contributed by atoms with Gasteiger partial charge in [0.15, 0.2) is 0 Å². The molecule has 0 amide bonds. The van der Waals surface area contributed by atoms with Gasteiger partial charge in [-0.25, -0.2) is 8.42 Å². The summed E-state index contributed by atoms with van der Waals surface area (Å²) in [6.07, 6.45) is 1.32. The van der Waals surface area contributed by atoms with Crippen LogP contribution < -0.4 is 0 Å². The number of rotatable bonds is 8. The predicted octanol–water partition coefficient (Wildman–Crippen LogP) is 4.24. The molecule has 1 rings (SSSR count). The van der Waals surface area contributed by atoms with Crippen LogP contribution in [0, 0.1) is 6.92 Å². The predicted molar refractivity (Wildman–Crippen MR) is 94.0 cm³/mol. The SMILES string of the molecule is CCCS(=O)(=O)CCC(CBr)(CBr)c1ccc(C)cc1. The van der Waals surface area contributed by atoms with Crippen molar-refractivity contribution in [2.75, 3.05) is 22.2 Å². The van der Waals surface area contributed by atoms with Gasteiger partial charge in [0.1, 0.15) is 9.84 Å². The average molecular weight is 426 g/mol. The Morgan fingerprint density at radius 2 is 1.60 bits per heavy atom. The van der Waals surface area contributed by atoms with Crippen LogP contribution in [0.2, 0.25) is 0 Å². The molecule has 0 unspecified atom stereocenters. The van der Waals surface area contributed by atoms with E-state index < -0.39 is 9.84 Å². The van der Waals surface area contributed by atoms with Gasteiger partial charge in [-0.1, -0.05) is 68.6 Å². The lowest BCUT2D eigenvalue weighted by molar-refractivity contribution is 0.522. The highest BCUT2D eigenvalue weighted by Gasteiger charge is 2.31. The Morgan fingerprint density at radius 3 is 2.05 bits per heavy atom. The number of alkyl halides is 2. The summed E-state index contributed by atoms with van der Waals surface area (Å²) in [7, 11) is -2.94. The summed E-state index contributed by atoms with van der Waals surface area (Å²) in [5.41, 5.74) is 2.23. The second kappa shape index (κ2) is 7.95. The van der Waals surface area contributed by atoms with Gasteiger partial charge in [-0.05, 0) is 25.3 Å². The van der Waals surface area contributed by atoms with E-state index in [2.05, 4.69) is 63.0 Å². The summed E-state index contributed by atoms with van der Waals surface area (Å²) in [6.45, 7) is 3.96. The van der Waals surface area contributed by atoms with Gasteiger partial charge < -0.3 is 0 Å². The summed E-state index contributed by atoms with van der Waals surface area (Å²) in [4.78, 5) is 0. The maximum Gasteiger partial charge on any atom is 0.150 e. The number of sulfone groups is 1. The molecule has 1 aromatic rings. The molecular weight excluding hydrogens is 404 g/mol. The molecule has 0 atom stereocenters. The van der Waals surface area contributed by atoms with E-state index >= 15 is 0 Å². The van der Waals surface area contributed by atoms with Crippen LogP contribution in [-0.4, -0.2) is 30.6 Å². The fraction of sp³-hybridized carbons (Fsp3) is 0.600. The second-order valence-electron chi connectivity index (χ2n) is 5.32. The monoisotopic (exact) mass is 424 g/mol. The number of hydrogen-bond donors (Lipinski definition) is 0. The van der Waals surface area contributed by atoms with Crippen molar-refractivity contribution in [2.24, 2.45) is 0 Å². The van der Waals surface area contributed by atoms with Crippen molar-refractivity contribution in [2.45, 2.75) is 32.1 Å². The largest absolute Gasteiger partial charge is 0.229 e. The molecule has 0 saturated carbocycles. The van der Waals surface area contributed by atoms with E-state index in [9.17, 15) is 8.42 Å². The topological polar surface area (TPSA) is 34.1 Å². The molecule has 2 nitrogen and oxygen atoms in total. The Balaban J connectivity index is 2.95. The fourth-order valence-electron chi connectivity index (χ4n) is 2.14. The van der Waals surface area contributed by atoms with Crippen molar-refractivity contribution in [3.63, 3.8) is 0 Å². The standard InChI is InChI=1S/C15H22Br2O2S/c1-3-9-20(18,19)10-8-15(11-16,12-17)14-6-4-13(2)5-7-14/h4-7H,3,8-12H2,1-2H3. The fourth-order valence-corrected chi connectivity index (χ4v) is 5.80. The Hall–Kier alpha value is 0.130. The number of hydrogen-bond acceptors (Lipinski definition) is 2. The third-order valence-corrected chi connectivity index (χ3v) is 7.59. The van der Waals surface area contributed by atoms with Crippen LogP contribution >= 0.6 is 31.9 Å². The van der Waals surface area contributed by atoms with Gasteiger partial charge in [-0.2, -0.15) is 0 Å². The normalized spacial score (nSPS) is 12.6. The molecule has 0 spiro atoms. The first kappa shape index (κ1) is 18.2. The zero-order chi connectivity index (χ0) is 15.2. The van der Waals surface area contributed by atoms with E-state index in [4.69, 9.17) is 0 Å². The van der Waals surface area contributed by atoms with Crippen LogP contribution in [0.3, 0.4) is 0 Å². The minimum Gasteiger partial charge on any atom is -0.229 e. The lowest BCUT2D eigenvalue weighted by Crippen LogP contribution is -2.33. The van der Waals surface area contributed by atoms with Crippen LogP contribution in [0.15, 0.2) is 24.3 Å². The van der Waals surface area contributed by atoms with Gasteiger partial charge in [0.05, 0.1) is 5.75 Å². The molecule has 0 aliphatic heterocycles. The molecule has 0 saturated heterocycles. The lowest BCUT2D eigenvalue weighted by Gasteiger charge is -2.30. The molecule has 0 aliphatic rings. The molecule has 1 aromatic carbocycles. The summed E-state index contributed by atoms with van der Waals surface area (Å²) in [6, 6.07) is 8.36. The van der Waals surface area contributed by atoms with Crippen LogP contribution in [-0.2, 0) is 15.3 Å². The van der Waals surface area contributed by atoms with Crippen molar-refractivity contribution in [3.05, 3.63) is 35.4 Å². The van der Waals surface area contributed by atoms with Crippen LogP contribution in [0.1, 0.15) is 30.9 Å². The van der Waals surface area contributed by atoms with Crippen LogP contribution in [0.25, 0.3) is 0 Å². The van der Waals surface area contributed by atoms with Gasteiger partial charge >= 0.3 is 0 Å². The van der Waals surface area contributed by atoms with Crippen LogP contribution in [0.5, 0.6) is 0 Å². The molecule has 114 valence electrons. The smallest absolute Gasteiger partial charge is 0.150 e. The molecule has 20 heavy (non-hydrogen) atoms. The first-order valence-corrected chi connectivity index (χ1v) is 10.8. The Morgan fingerprint density at radius 1 is 1.05 bits per heavy atom. The first-order valence-electron chi connectivity index (χ1n) is 6.78. The van der Waals surface area contributed by atoms with Gasteiger partial charge in [0.25, 0.3) is 0 Å². The minimum atomic E-state index is -2.94. The molecule has 0 N–H and O–H groups in total. The third kappa shape index (κ3) is 4.85. The highest BCUT2D eigenvalue weighted by molar-refractivity contribution is 9.09. The maximum absolute atomic E-state index is 12.0. The second-order valence-corrected chi connectivity index (χ2v) is 8.74. The average Bonchev–Trinajstić information content (AvgIpc) is 2.42.